The van der Waals surface area contributed by atoms with Crippen molar-refractivity contribution in [2.75, 3.05) is 37.6 Å². The lowest BCUT2D eigenvalue weighted by molar-refractivity contribution is -0.159. The Morgan fingerprint density at radius 2 is 1.32 bits per heavy atom. The van der Waals surface area contributed by atoms with Gasteiger partial charge in [-0.3, -0.25) is 4.90 Å². The number of hydrogen-bond acceptors (Lipinski definition) is 6. The third-order valence-electron chi connectivity index (χ3n) is 6.31. The van der Waals surface area contributed by atoms with Crippen LogP contribution in [-0.2, 0) is 19.4 Å². The number of benzene rings is 3. The Morgan fingerprint density at radius 1 is 0.789 bits per heavy atom. The Bertz CT molecular complexity index is 1290. The molecular weight excluding hydrogens is 528 g/mol. The molecule has 2 N–H and O–H groups in total. The Kier molecular flexibility index (Phi) is 10.7. The van der Waals surface area contributed by atoms with Gasteiger partial charge in [0.15, 0.2) is 9.84 Å². The lowest BCUT2D eigenvalue weighted by atomic mass is 10.1. The van der Waals surface area contributed by atoms with Crippen LogP contribution in [0.5, 0.6) is 0 Å². The number of carbonyl (C=O) groups is 2. The molecule has 1 aliphatic heterocycles. The van der Waals surface area contributed by atoms with Crippen LogP contribution in [0.1, 0.15) is 23.7 Å². The van der Waals surface area contributed by atoms with Crippen LogP contribution in [0.4, 0.5) is 5.69 Å². The van der Waals surface area contributed by atoms with Gasteiger partial charge >= 0.3 is 11.9 Å². The summed E-state index contributed by atoms with van der Waals surface area (Å²) in [5.74, 6) is -3.65. The Hall–Kier alpha value is -3.40. The van der Waals surface area contributed by atoms with Gasteiger partial charge in [0.25, 0.3) is 0 Å². The van der Waals surface area contributed by atoms with E-state index in [0.717, 1.165) is 55.4 Å². The first-order chi connectivity index (χ1) is 18.2. The highest BCUT2D eigenvalue weighted by molar-refractivity contribution is 7.91. The minimum atomic E-state index is -3.45. The first-order valence-corrected chi connectivity index (χ1v) is 14.1. The summed E-state index contributed by atoms with van der Waals surface area (Å²) in [6.45, 7) is 4.64. The number of aliphatic carboxylic acids is 2. The molecule has 0 spiro atoms. The van der Waals surface area contributed by atoms with Crippen LogP contribution in [0, 0.1) is 0 Å². The first kappa shape index (κ1) is 29.2. The fourth-order valence-corrected chi connectivity index (χ4v) is 6.48. The standard InChI is InChI=1S/C26H29ClN2O2S.C2H2O4/c27-24-14-7-8-15-25(24)29-20-18-28(19-21-29)17-9-16-26(22-10-3-1-4-11-22)32(30,31)23-12-5-2-6-13-23;3-1(4)2(5)6/h1-8,10-15,26H,9,16-21H2;(H,3,4)(H,5,6). The van der Waals surface area contributed by atoms with E-state index in [1.165, 1.54) is 0 Å². The molecule has 1 unspecified atom stereocenters. The molecule has 3 aromatic carbocycles. The number of hydrogen-bond donors (Lipinski definition) is 2. The molecule has 202 valence electrons. The lowest BCUT2D eigenvalue weighted by Gasteiger charge is -2.36. The number of nitrogens with zero attached hydrogens (tertiary/aromatic N) is 2. The summed E-state index contributed by atoms with van der Waals surface area (Å²) in [4.78, 5) is 23.3. The van der Waals surface area contributed by atoms with Crippen molar-refractivity contribution >= 4 is 39.1 Å². The number of anilines is 1. The van der Waals surface area contributed by atoms with E-state index in [-0.39, 0.29) is 0 Å². The summed E-state index contributed by atoms with van der Waals surface area (Å²) in [5, 5.41) is 15.0. The molecule has 1 aliphatic rings. The third-order valence-corrected chi connectivity index (χ3v) is 8.81. The van der Waals surface area contributed by atoms with Crippen molar-refractivity contribution < 1.29 is 28.2 Å². The minimum absolute atomic E-state index is 0.391. The van der Waals surface area contributed by atoms with E-state index in [4.69, 9.17) is 31.4 Å². The average molecular weight is 559 g/mol. The molecule has 3 aromatic rings. The van der Waals surface area contributed by atoms with Gasteiger partial charge in [0, 0.05) is 26.2 Å². The van der Waals surface area contributed by atoms with Crippen molar-refractivity contribution in [2.45, 2.75) is 23.0 Å². The van der Waals surface area contributed by atoms with Gasteiger partial charge in [0.2, 0.25) is 0 Å². The predicted molar refractivity (Wildman–Crippen MR) is 147 cm³/mol. The maximum Gasteiger partial charge on any atom is 0.414 e. The van der Waals surface area contributed by atoms with Crippen LogP contribution in [0.25, 0.3) is 0 Å². The molecule has 1 heterocycles. The Labute approximate surface area is 228 Å². The van der Waals surface area contributed by atoms with E-state index in [1.54, 1.807) is 24.3 Å². The molecule has 0 aliphatic carbocycles. The van der Waals surface area contributed by atoms with Gasteiger partial charge in [-0.15, -0.1) is 0 Å². The number of piperazine rings is 1. The van der Waals surface area contributed by atoms with Gasteiger partial charge in [0.1, 0.15) is 0 Å². The van der Waals surface area contributed by atoms with Crippen LogP contribution in [0.3, 0.4) is 0 Å². The molecule has 0 aromatic heterocycles. The van der Waals surface area contributed by atoms with Crippen LogP contribution in [-0.4, -0.2) is 68.2 Å². The zero-order valence-corrected chi connectivity index (χ0v) is 22.4. The van der Waals surface area contributed by atoms with Gasteiger partial charge in [-0.1, -0.05) is 72.3 Å². The summed E-state index contributed by atoms with van der Waals surface area (Å²) < 4.78 is 26.8. The van der Waals surface area contributed by atoms with Crippen molar-refractivity contribution in [3.05, 3.63) is 95.5 Å². The van der Waals surface area contributed by atoms with Gasteiger partial charge in [0.05, 0.1) is 20.9 Å². The highest BCUT2D eigenvalue weighted by Gasteiger charge is 2.29. The Morgan fingerprint density at radius 3 is 1.87 bits per heavy atom. The van der Waals surface area contributed by atoms with Crippen molar-refractivity contribution in [3.8, 4) is 0 Å². The quantitative estimate of drug-likeness (QED) is 0.385. The monoisotopic (exact) mass is 558 g/mol. The summed E-state index contributed by atoms with van der Waals surface area (Å²) in [6.07, 6.45) is 1.43. The predicted octanol–water partition coefficient (Wildman–Crippen LogP) is 4.61. The molecule has 38 heavy (non-hydrogen) atoms. The Balaban J connectivity index is 0.000000599. The van der Waals surface area contributed by atoms with Crippen molar-refractivity contribution in [1.29, 1.82) is 0 Å². The summed E-state index contributed by atoms with van der Waals surface area (Å²) >= 11 is 6.35. The molecule has 4 rings (SSSR count). The molecule has 0 amide bonds. The highest BCUT2D eigenvalue weighted by atomic mass is 35.5. The van der Waals surface area contributed by atoms with Crippen LogP contribution >= 0.6 is 11.6 Å². The molecule has 0 radical (unpaired) electrons. The van der Waals surface area contributed by atoms with Gasteiger partial charge < -0.3 is 15.1 Å². The first-order valence-electron chi connectivity index (χ1n) is 12.2. The number of carboxylic acids is 2. The largest absolute Gasteiger partial charge is 0.473 e. The van der Waals surface area contributed by atoms with E-state index in [2.05, 4.69) is 15.9 Å². The normalized spacial score (nSPS) is 14.7. The summed E-state index contributed by atoms with van der Waals surface area (Å²) in [5.41, 5.74) is 1.95. The van der Waals surface area contributed by atoms with E-state index >= 15 is 0 Å². The molecular formula is C28H31ClN2O6S. The zero-order valence-electron chi connectivity index (χ0n) is 20.8. The average Bonchev–Trinajstić information content (AvgIpc) is 2.93. The van der Waals surface area contributed by atoms with Crippen molar-refractivity contribution in [1.82, 2.24) is 4.90 Å². The zero-order chi connectivity index (χ0) is 27.5. The number of sulfone groups is 1. The van der Waals surface area contributed by atoms with Gasteiger partial charge in [-0.2, -0.15) is 0 Å². The lowest BCUT2D eigenvalue weighted by Crippen LogP contribution is -2.46. The summed E-state index contributed by atoms with van der Waals surface area (Å²) in [6, 6.07) is 26.4. The third kappa shape index (κ3) is 8.05. The smallest absolute Gasteiger partial charge is 0.414 e. The van der Waals surface area contributed by atoms with Crippen LogP contribution in [0.15, 0.2) is 89.8 Å². The topological polar surface area (TPSA) is 115 Å². The number of carboxylic acid groups (broad SMARTS) is 2. The van der Waals surface area contributed by atoms with Gasteiger partial charge in [-0.25, -0.2) is 18.0 Å². The van der Waals surface area contributed by atoms with Gasteiger partial charge in [-0.05, 0) is 49.2 Å². The second kappa shape index (κ2) is 13.9. The van der Waals surface area contributed by atoms with E-state index in [1.807, 2.05) is 54.6 Å². The maximum atomic E-state index is 13.4. The fraction of sp³-hybridized carbons (Fsp3) is 0.286. The highest BCUT2D eigenvalue weighted by Crippen LogP contribution is 2.33. The fourth-order valence-electron chi connectivity index (χ4n) is 4.36. The molecule has 0 saturated carbocycles. The SMILES string of the molecule is O=C(O)C(=O)O.O=S(=O)(c1ccccc1)C(CCCN1CCN(c2ccccc2Cl)CC1)c1ccccc1. The van der Waals surface area contributed by atoms with Crippen molar-refractivity contribution in [3.63, 3.8) is 0 Å². The second-order valence-corrected chi connectivity index (χ2v) is 11.3. The molecule has 0 bridgehead atoms. The molecule has 8 nitrogen and oxygen atoms in total. The van der Waals surface area contributed by atoms with E-state index < -0.39 is 27.0 Å². The number of para-hydroxylation sites is 1. The minimum Gasteiger partial charge on any atom is -0.473 e. The number of halogens is 1. The van der Waals surface area contributed by atoms with Crippen LogP contribution < -0.4 is 4.90 Å². The van der Waals surface area contributed by atoms with E-state index in [0.29, 0.717) is 11.3 Å². The summed E-state index contributed by atoms with van der Waals surface area (Å²) in [7, 11) is -3.45. The molecule has 1 atom stereocenters. The van der Waals surface area contributed by atoms with Crippen LogP contribution in [0.2, 0.25) is 5.02 Å². The molecule has 10 heteroatoms. The number of rotatable bonds is 8. The second-order valence-electron chi connectivity index (χ2n) is 8.79. The van der Waals surface area contributed by atoms with E-state index in [9.17, 15) is 8.42 Å². The maximum absolute atomic E-state index is 13.4. The van der Waals surface area contributed by atoms with Crippen molar-refractivity contribution in [2.24, 2.45) is 0 Å². The molecule has 1 saturated heterocycles. The molecule has 1 fully saturated rings.